The minimum atomic E-state index is -0.924. The van der Waals surface area contributed by atoms with Gasteiger partial charge in [-0.3, -0.25) is 9.59 Å². The monoisotopic (exact) mass is 281 g/mol. The van der Waals surface area contributed by atoms with Crippen LogP contribution < -0.4 is 0 Å². The molecule has 1 saturated heterocycles. The molecule has 6 nitrogen and oxygen atoms in total. The van der Waals surface area contributed by atoms with Crippen molar-refractivity contribution in [1.82, 2.24) is 4.90 Å². The molecule has 1 aliphatic rings. The van der Waals surface area contributed by atoms with Gasteiger partial charge in [0.1, 0.15) is 5.76 Å². The zero-order valence-corrected chi connectivity index (χ0v) is 11.7. The molecule has 0 spiro atoms. The zero-order chi connectivity index (χ0) is 14.7. The Bertz CT molecular complexity index is 508. The molecule has 2 rings (SSSR count). The zero-order valence-electron chi connectivity index (χ0n) is 11.7. The number of hydrogen-bond acceptors (Lipinski definition) is 4. The second-order valence-corrected chi connectivity index (χ2v) is 4.92. The maximum absolute atomic E-state index is 12.4. The third-order valence-corrected chi connectivity index (χ3v) is 3.34. The Morgan fingerprint density at radius 1 is 1.50 bits per heavy atom. The molecular weight excluding hydrogens is 262 g/mol. The molecule has 1 aliphatic heterocycles. The summed E-state index contributed by atoms with van der Waals surface area (Å²) in [5, 5.41) is 8.79. The molecule has 1 fully saturated rings. The van der Waals surface area contributed by atoms with E-state index >= 15 is 0 Å². The lowest BCUT2D eigenvalue weighted by Gasteiger charge is -2.31. The summed E-state index contributed by atoms with van der Waals surface area (Å²) in [4.78, 5) is 24.7. The number of amides is 1. The Labute approximate surface area is 117 Å². The lowest BCUT2D eigenvalue weighted by Crippen LogP contribution is -2.46. The van der Waals surface area contributed by atoms with Gasteiger partial charge in [-0.1, -0.05) is 6.92 Å². The predicted molar refractivity (Wildman–Crippen MR) is 70.7 cm³/mol. The second-order valence-electron chi connectivity index (χ2n) is 4.92. The van der Waals surface area contributed by atoms with E-state index in [0.717, 1.165) is 17.7 Å². The summed E-state index contributed by atoms with van der Waals surface area (Å²) in [5.74, 6) is 0.00616. The molecule has 1 unspecified atom stereocenters. The molecule has 0 aliphatic carbocycles. The molecule has 1 aromatic heterocycles. The summed E-state index contributed by atoms with van der Waals surface area (Å²) in [5.41, 5.74) is 0.813. The average Bonchev–Trinajstić information content (AvgIpc) is 2.79. The van der Waals surface area contributed by atoms with Gasteiger partial charge in [-0.2, -0.15) is 0 Å². The molecule has 1 atom stereocenters. The van der Waals surface area contributed by atoms with Crippen LogP contribution >= 0.6 is 0 Å². The van der Waals surface area contributed by atoms with Crippen LogP contribution in [0.3, 0.4) is 0 Å². The molecular formula is C14H19NO5. The van der Waals surface area contributed by atoms with Crippen LogP contribution in [-0.4, -0.2) is 47.7 Å². The van der Waals surface area contributed by atoms with Crippen LogP contribution in [0, 0.1) is 6.92 Å². The van der Waals surface area contributed by atoms with Crippen molar-refractivity contribution in [2.24, 2.45) is 0 Å². The van der Waals surface area contributed by atoms with Gasteiger partial charge in [-0.25, -0.2) is 0 Å². The van der Waals surface area contributed by atoms with Gasteiger partial charge >= 0.3 is 5.97 Å². The average molecular weight is 281 g/mol. The topological polar surface area (TPSA) is 80.0 Å². The van der Waals surface area contributed by atoms with Gasteiger partial charge in [-0.15, -0.1) is 0 Å². The third kappa shape index (κ3) is 3.19. The summed E-state index contributed by atoms with van der Waals surface area (Å²) in [6, 6.07) is 1.86. The molecule has 1 amide bonds. The smallest absolute Gasteiger partial charge is 0.306 e. The van der Waals surface area contributed by atoms with Crippen molar-refractivity contribution in [3.8, 4) is 0 Å². The van der Waals surface area contributed by atoms with Gasteiger partial charge < -0.3 is 19.2 Å². The number of morpholine rings is 1. The van der Waals surface area contributed by atoms with Gasteiger partial charge in [0.25, 0.3) is 5.91 Å². The van der Waals surface area contributed by atoms with Gasteiger partial charge in [0.15, 0.2) is 5.76 Å². The first-order valence-corrected chi connectivity index (χ1v) is 6.73. The summed E-state index contributed by atoms with van der Waals surface area (Å²) < 4.78 is 10.9. The highest BCUT2D eigenvalue weighted by Crippen LogP contribution is 2.19. The Kier molecular flexibility index (Phi) is 4.44. The number of carbonyl (C=O) groups is 2. The Morgan fingerprint density at radius 2 is 2.25 bits per heavy atom. The fraction of sp³-hybridized carbons (Fsp3) is 0.571. The molecule has 1 N–H and O–H groups in total. The maximum Gasteiger partial charge on any atom is 0.306 e. The summed E-state index contributed by atoms with van der Waals surface area (Å²) in [6.07, 6.45) is 0.186. The van der Waals surface area contributed by atoms with Gasteiger partial charge in [0.2, 0.25) is 0 Å². The van der Waals surface area contributed by atoms with Crippen LogP contribution in [0.15, 0.2) is 10.5 Å². The minimum Gasteiger partial charge on any atom is -0.481 e. The normalized spacial score (nSPS) is 19.1. The molecule has 0 radical (unpaired) electrons. The third-order valence-electron chi connectivity index (χ3n) is 3.34. The van der Waals surface area contributed by atoms with Crippen molar-refractivity contribution in [3.05, 3.63) is 23.2 Å². The maximum atomic E-state index is 12.4. The fourth-order valence-electron chi connectivity index (χ4n) is 2.30. The Hall–Kier alpha value is -1.82. The quantitative estimate of drug-likeness (QED) is 0.904. The highest BCUT2D eigenvalue weighted by molar-refractivity contribution is 5.93. The van der Waals surface area contributed by atoms with Crippen molar-refractivity contribution in [3.63, 3.8) is 0 Å². The molecule has 110 valence electrons. The van der Waals surface area contributed by atoms with Crippen LogP contribution in [-0.2, 0) is 16.0 Å². The molecule has 0 bridgehead atoms. The van der Waals surface area contributed by atoms with E-state index in [1.54, 1.807) is 4.90 Å². The first-order chi connectivity index (χ1) is 9.51. The van der Waals surface area contributed by atoms with E-state index in [0.29, 0.717) is 18.9 Å². The number of carboxylic acid groups (broad SMARTS) is 1. The lowest BCUT2D eigenvalue weighted by molar-refractivity contribution is -0.141. The number of furan rings is 1. The van der Waals surface area contributed by atoms with Gasteiger partial charge in [0, 0.05) is 25.1 Å². The van der Waals surface area contributed by atoms with Gasteiger partial charge in [-0.05, 0) is 13.0 Å². The summed E-state index contributed by atoms with van der Waals surface area (Å²) in [7, 11) is 0. The van der Waals surface area contributed by atoms with Crippen molar-refractivity contribution in [2.75, 3.05) is 19.7 Å². The van der Waals surface area contributed by atoms with Crippen molar-refractivity contribution >= 4 is 11.9 Å². The van der Waals surface area contributed by atoms with E-state index in [1.807, 2.05) is 19.9 Å². The standard InChI is InChI=1S/C14H19NO5/c1-3-10-6-9(2)13(20-10)14(18)15-4-5-19-11(8-15)7-12(16)17/h6,11H,3-5,7-8H2,1-2H3,(H,16,17). The van der Waals surface area contributed by atoms with E-state index < -0.39 is 12.1 Å². The van der Waals surface area contributed by atoms with Crippen molar-refractivity contribution < 1.29 is 23.8 Å². The van der Waals surface area contributed by atoms with Crippen LogP contribution in [0.1, 0.15) is 35.2 Å². The molecule has 0 aromatic carbocycles. The molecule has 0 saturated carbocycles. The largest absolute Gasteiger partial charge is 0.481 e. The van der Waals surface area contributed by atoms with E-state index in [2.05, 4.69) is 0 Å². The minimum absolute atomic E-state index is 0.0961. The van der Waals surface area contributed by atoms with Crippen LogP contribution in [0.5, 0.6) is 0 Å². The first kappa shape index (κ1) is 14.6. The Balaban J connectivity index is 2.07. The number of aryl methyl sites for hydroxylation is 2. The first-order valence-electron chi connectivity index (χ1n) is 6.73. The highest BCUT2D eigenvalue weighted by atomic mass is 16.5. The number of ether oxygens (including phenoxy) is 1. The fourth-order valence-corrected chi connectivity index (χ4v) is 2.30. The van der Waals surface area contributed by atoms with Crippen molar-refractivity contribution in [2.45, 2.75) is 32.8 Å². The second kappa shape index (κ2) is 6.09. The number of carbonyl (C=O) groups excluding carboxylic acids is 1. The van der Waals surface area contributed by atoms with Gasteiger partial charge in [0.05, 0.1) is 19.1 Å². The van der Waals surface area contributed by atoms with E-state index in [4.69, 9.17) is 14.3 Å². The van der Waals surface area contributed by atoms with Crippen LogP contribution in [0.2, 0.25) is 0 Å². The lowest BCUT2D eigenvalue weighted by atomic mass is 10.2. The number of rotatable bonds is 4. The molecule has 20 heavy (non-hydrogen) atoms. The van der Waals surface area contributed by atoms with E-state index in [9.17, 15) is 9.59 Å². The number of nitrogens with zero attached hydrogens (tertiary/aromatic N) is 1. The van der Waals surface area contributed by atoms with E-state index in [-0.39, 0.29) is 18.9 Å². The number of aliphatic carboxylic acids is 1. The Morgan fingerprint density at radius 3 is 2.85 bits per heavy atom. The van der Waals surface area contributed by atoms with Crippen LogP contribution in [0.4, 0.5) is 0 Å². The van der Waals surface area contributed by atoms with Crippen molar-refractivity contribution in [1.29, 1.82) is 0 Å². The number of hydrogen-bond donors (Lipinski definition) is 1. The summed E-state index contributed by atoms with van der Waals surface area (Å²) in [6.45, 7) is 4.89. The van der Waals surface area contributed by atoms with E-state index in [1.165, 1.54) is 0 Å². The molecule has 6 heteroatoms. The number of carboxylic acids is 1. The predicted octanol–water partition coefficient (Wildman–Crippen LogP) is 1.47. The summed E-state index contributed by atoms with van der Waals surface area (Å²) >= 11 is 0. The van der Waals surface area contributed by atoms with Crippen LogP contribution in [0.25, 0.3) is 0 Å². The SMILES string of the molecule is CCc1cc(C)c(C(=O)N2CCOC(CC(=O)O)C2)o1. The highest BCUT2D eigenvalue weighted by Gasteiger charge is 2.29. The molecule has 1 aromatic rings. The molecule has 2 heterocycles.